The van der Waals surface area contributed by atoms with Gasteiger partial charge in [0, 0.05) is 17.5 Å². The Morgan fingerprint density at radius 1 is 0.929 bits per heavy atom. The molecular weight excluding hydrogens is 372 g/mol. The van der Waals surface area contributed by atoms with Crippen LogP contribution in [0.25, 0.3) is 11.3 Å². The Labute approximate surface area is 166 Å². The van der Waals surface area contributed by atoms with Gasteiger partial charge in [-0.05, 0) is 50.1 Å². The number of ketones is 1. The normalized spacial score (nSPS) is 12.1. The van der Waals surface area contributed by atoms with Crippen LogP contribution in [0.2, 0.25) is 0 Å². The Kier molecular flexibility index (Phi) is 5.57. The van der Waals surface area contributed by atoms with Gasteiger partial charge in [0.2, 0.25) is 0 Å². The fraction of sp³-hybridized carbons (Fsp3) is 0.261. The topological polar surface area (TPSA) is 64.3 Å². The molecule has 0 aliphatic rings. The van der Waals surface area contributed by atoms with E-state index in [0.29, 0.717) is 11.1 Å². The summed E-state index contributed by atoms with van der Waals surface area (Å²) in [5.41, 5.74) is 3.09. The average Bonchev–Trinajstić information content (AvgIpc) is 3.16. The summed E-state index contributed by atoms with van der Waals surface area (Å²) >= 11 is 0. The Balaban J connectivity index is 1.71. The monoisotopic (exact) mass is 396 g/mol. The molecule has 0 fully saturated rings. The van der Waals surface area contributed by atoms with Crippen molar-refractivity contribution in [2.45, 2.75) is 37.7 Å². The Bertz CT molecular complexity index is 1050. The molecule has 3 rings (SSSR count). The number of sulfone groups is 1. The predicted molar refractivity (Wildman–Crippen MR) is 111 cm³/mol. The van der Waals surface area contributed by atoms with Crippen molar-refractivity contribution in [3.05, 3.63) is 83.6 Å². The van der Waals surface area contributed by atoms with Gasteiger partial charge >= 0.3 is 0 Å². The summed E-state index contributed by atoms with van der Waals surface area (Å²) in [4.78, 5) is 12.6. The molecule has 4 nitrogen and oxygen atoms in total. The summed E-state index contributed by atoms with van der Waals surface area (Å²) in [6, 6.07) is 18.2. The van der Waals surface area contributed by atoms with Gasteiger partial charge in [0.15, 0.2) is 15.6 Å². The molecule has 0 N–H and O–H groups in total. The van der Waals surface area contributed by atoms with E-state index in [-0.39, 0.29) is 18.0 Å². The highest BCUT2D eigenvalue weighted by molar-refractivity contribution is 7.91. The zero-order valence-electron chi connectivity index (χ0n) is 16.3. The third-order valence-electron chi connectivity index (χ3n) is 4.66. The van der Waals surface area contributed by atoms with Crippen LogP contribution in [0.4, 0.5) is 0 Å². The van der Waals surface area contributed by atoms with Crippen molar-refractivity contribution in [1.29, 1.82) is 0 Å². The standard InChI is InChI=1S/C23H24O4S/c1-23(2,3)28(25,26)16-17-9-11-19(12-10-17)21(24)15-18-6-4-7-20(14-18)22-8-5-13-27-22/h4-14H,15-16H2,1-3H3. The van der Waals surface area contributed by atoms with Crippen molar-refractivity contribution >= 4 is 15.6 Å². The smallest absolute Gasteiger partial charge is 0.167 e. The van der Waals surface area contributed by atoms with E-state index in [2.05, 4.69) is 0 Å². The molecule has 146 valence electrons. The first-order valence-electron chi connectivity index (χ1n) is 9.13. The van der Waals surface area contributed by atoms with Crippen molar-refractivity contribution in [2.75, 3.05) is 0 Å². The quantitative estimate of drug-likeness (QED) is 0.545. The number of carbonyl (C=O) groups is 1. The number of hydrogen-bond acceptors (Lipinski definition) is 4. The molecule has 28 heavy (non-hydrogen) atoms. The highest BCUT2D eigenvalue weighted by Gasteiger charge is 2.28. The van der Waals surface area contributed by atoms with Crippen LogP contribution in [0.1, 0.15) is 42.3 Å². The van der Waals surface area contributed by atoms with Crippen molar-refractivity contribution in [1.82, 2.24) is 0 Å². The van der Waals surface area contributed by atoms with E-state index in [9.17, 15) is 13.2 Å². The summed E-state index contributed by atoms with van der Waals surface area (Å²) in [6.07, 6.45) is 1.89. The maximum Gasteiger partial charge on any atom is 0.167 e. The lowest BCUT2D eigenvalue weighted by Crippen LogP contribution is -2.29. The van der Waals surface area contributed by atoms with Crippen LogP contribution in [-0.4, -0.2) is 18.9 Å². The fourth-order valence-corrected chi connectivity index (χ4v) is 3.85. The van der Waals surface area contributed by atoms with Gasteiger partial charge in [0.1, 0.15) is 5.76 Å². The lowest BCUT2D eigenvalue weighted by atomic mass is 10.00. The minimum Gasteiger partial charge on any atom is -0.464 e. The molecule has 0 radical (unpaired) electrons. The predicted octanol–water partition coefficient (Wildman–Crippen LogP) is 5.09. The van der Waals surface area contributed by atoms with Gasteiger partial charge in [-0.2, -0.15) is 0 Å². The van der Waals surface area contributed by atoms with Crippen molar-refractivity contribution in [3.8, 4) is 11.3 Å². The van der Waals surface area contributed by atoms with E-state index in [0.717, 1.165) is 16.9 Å². The summed E-state index contributed by atoms with van der Waals surface area (Å²) in [6.45, 7) is 5.07. The first kappa shape index (κ1) is 20.1. The first-order chi connectivity index (χ1) is 13.2. The molecule has 0 saturated heterocycles. The molecule has 1 heterocycles. The second-order valence-corrected chi connectivity index (χ2v) is 10.6. The second kappa shape index (κ2) is 7.76. The van der Waals surface area contributed by atoms with Gasteiger partial charge in [-0.3, -0.25) is 4.79 Å². The molecule has 0 spiro atoms. The molecule has 0 aliphatic heterocycles. The van der Waals surface area contributed by atoms with Gasteiger partial charge in [-0.15, -0.1) is 0 Å². The first-order valence-corrected chi connectivity index (χ1v) is 10.8. The summed E-state index contributed by atoms with van der Waals surface area (Å²) < 4.78 is 29.3. The Hall–Kier alpha value is -2.66. The van der Waals surface area contributed by atoms with Crippen LogP contribution < -0.4 is 0 Å². The molecule has 0 aliphatic carbocycles. The van der Waals surface area contributed by atoms with Crippen LogP contribution in [-0.2, 0) is 22.0 Å². The van der Waals surface area contributed by atoms with Gasteiger partial charge in [0.25, 0.3) is 0 Å². The van der Waals surface area contributed by atoms with Crippen LogP contribution in [0.15, 0.2) is 71.3 Å². The maximum atomic E-state index is 12.6. The highest BCUT2D eigenvalue weighted by Crippen LogP contribution is 2.23. The van der Waals surface area contributed by atoms with Crippen molar-refractivity contribution < 1.29 is 17.6 Å². The van der Waals surface area contributed by atoms with Crippen LogP contribution in [0.5, 0.6) is 0 Å². The van der Waals surface area contributed by atoms with Crippen molar-refractivity contribution in [2.24, 2.45) is 0 Å². The van der Waals surface area contributed by atoms with E-state index in [1.165, 1.54) is 0 Å². The van der Waals surface area contributed by atoms with E-state index < -0.39 is 14.6 Å². The number of Topliss-reactive ketones (excluding diaryl/α,β-unsaturated/α-hetero) is 1. The molecule has 2 aromatic carbocycles. The molecule has 0 bridgehead atoms. The van der Waals surface area contributed by atoms with Crippen LogP contribution >= 0.6 is 0 Å². The molecule has 1 aromatic heterocycles. The van der Waals surface area contributed by atoms with Gasteiger partial charge in [-0.1, -0.05) is 42.5 Å². The minimum atomic E-state index is -3.25. The van der Waals surface area contributed by atoms with Gasteiger partial charge in [0.05, 0.1) is 16.8 Å². The third-order valence-corrected chi connectivity index (χ3v) is 7.24. The van der Waals surface area contributed by atoms with Gasteiger partial charge < -0.3 is 4.42 Å². The average molecular weight is 397 g/mol. The van der Waals surface area contributed by atoms with E-state index in [1.807, 2.05) is 36.4 Å². The zero-order chi connectivity index (χ0) is 20.4. The Morgan fingerprint density at radius 3 is 2.25 bits per heavy atom. The third kappa shape index (κ3) is 4.60. The molecular formula is C23H24O4S. The minimum absolute atomic E-state index is 0.0122. The summed E-state index contributed by atoms with van der Waals surface area (Å²) in [5, 5.41) is 0. The molecule has 5 heteroatoms. The Morgan fingerprint density at radius 2 is 1.64 bits per heavy atom. The SMILES string of the molecule is CC(C)(C)S(=O)(=O)Cc1ccc(C(=O)Cc2cccc(-c3ccco3)c2)cc1. The molecule has 0 atom stereocenters. The molecule has 0 amide bonds. The number of carbonyl (C=O) groups excluding carboxylic acids is 1. The lowest BCUT2D eigenvalue weighted by molar-refractivity contribution is 0.0993. The van der Waals surface area contributed by atoms with E-state index in [1.54, 1.807) is 51.3 Å². The largest absolute Gasteiger partial charge is 0.464 e. The van der Waals surface area contributed by atoms with Gasteiger partial charge in [-0.25, -0.2) is 8.42 Å². The number of hydrogen-bond donors (Lipinski definition) is 0. The van der Waals surface area contributed by atoms with E-state index in [4.69, 9.17) is 4.42 Å². The second-order valence-electron chi connectivity index (χ2n) is 7.85. The highest BCUT2D eigenvalue weighted by atomic mass is 32.2. The van der Waals surface area contributed by atoms with Crippen molar-refractivity contribution in [3.63, 3.8) is 0 Å². The lowest BCUT2D eigenvalue weighted by Gasteiger charge is -2.19. The van der Waals surface area contributed by atoms with Crippen LogP contribution in [0, 0.1) is 0 Å². The number of rotatable bonds is 6. The summed E-state index contributed by atoms with van der Waals surface area (Å²) in [5.74, 6) is 0.719. The molecule has 0 unspecified atom stereocenters. The van der Waals surface area contributed by atoms with Crippen LogP contribution in [0.3, 0.4) is 0 Å². The summed E-state index contributed by atoms with van der Waals surface area (Å²) in [7, 11) is -3.25. The fourth-order valence-electron chi connectivity index (χ4n) is 2.79. The molecule has 0 saturated carbocycles. The number of furan rings is 1. The molecule has 3 aromatic rings. The number of benzene rings is 2. The van der Waals surface area contributed by atoms with E-state index >= 15 is 0 Å². The zero-order valence-corrected chi connectivity index (χ0v) is 17.1. The maximum absolute atomic E-state index is 12.6.